The number of hydrogen-bond acceptors (Lipinski definition) is 3. The van der Waals surface area contributed by atoms with Crippen molar-refractivity contribution in [3.63, 3.8) is 0 Å². The third kappa shape index (κ3) is 3.66. The number of amides is 1. The van der Waals surface area contributed by atoms with Crippen molar-refractivity contribution in [2.45, 2.75) is 57.6 Å². The quantitative estimate of drug-likeness (QED) is 0.858. The number of nitrogens with zero attached hydrogens (tertiary/aromatic N) is 2. The van der Waals surface area contributed by atoms with Crippen LogP contribution in [0.2, 0.25) is 0 Å². The van der Waals surface area contributed by atoms with Gasteiger partial charge in [-0.2, -0.15) is 0 Å². The number of carbonyl (C=O) groups is 1. The van der Waals surface area contributed by atoms with Crippen LogP contribution in [0.1, 0.15) is 44.2 Å². The summed E-state index contributed by atoms with van der Waals surface area (Å²) in [6, 6.07) is 5.20. The lowest BCUT2D eigenvalue weighted by molar-refractivity contribution is -0.131. The highest BCUT2D eigenvalue weighted by Gasteiger charge is 2.37. The van der Waals surface area contributed by atoms with E-state index in [1.54, 1.807) is 16.7 Å². The van der Waals surface area contributed by atoms with E-state index in [1.807, 2.05) is 17.9 Å². The molecular formula is C18H26N2O3. The topological polar surface area (TPSA) is 51.5 Å². The minimum atomic E-state index is -0.0352. The molecule has 2 aliphatic heterocycles. The number of pyridine rings is 1. The van der Waals surface area contributed by atoms with Crippen LogP contribution < -0.4 is 5.56 Å². The lowest BCUT2D eigenvalue weighted by Crippen LogP contribution is -2.35. The summed E-state index contributed by atoms with van der Waals surface area (Å²) in [5.41, 5.74) is 0.897. The number of aryl methyl sites for hydroxylation is 1. The first-order chi connectivity index (χ1) is 11.1. The Balaban J connectivity index is 1.57. The first-order valence-electron chi connectivity index (χ1n) is 8.68. The molecule has 2 aliphatic rings. The molecule has 0 aromatic carbocycles. The number of rotatable bonds is 3. The van der Waals surface area contributed by atoms with Crippen molar-refractivity contribution in [3.8, 4) is 0 Å². The molecule has 0 saturated carbocycles. The summed E-state index contributed by atoms with van der Waals surface area (Å²) in [6.45, 7) is 4.82. The van der Waals surface area contributed by atoms with E-state index in [1.165, 1.54) is 0 Å². The zero-order valence-electron chi connectivity index (χ0n) is 13.9. The van der Waals surface area contributed by atoms with Crippen molar-refractivity contribution in [2.75, 3.05) is 19.7 Å². The lowest BCUT2D eigenvalue weighted by Gasteiger charge is -2.27. The van der Waals surface area contributed by atoms with Gasteiger partial charge in [0.2, 0.25) is 5.91 Å². The van der Waals surface area contributed by atoms with Crippen molar-refractivity contribution in [1.82, 2.24) is 9.47 Å². The van der Waals surface area contributed by atoms with Crippen molar-refractivity contribution in [1.29, 1.82) is 0 Å². The fraction of sp³-hybridized carbons (Fsp3) is 0.667. The maximum Gasteiger partial charge on any atom is 0.250 e. The van der Waals surface area contributed by atoms with Gasteiger partial charge in [0.25, 0.3) is 5.56 Å². The van der Waals surface area contributed by atoms with Crippen LogP contribution in [0.15, 0.2) is 23.0 Å². The van der Waals surface area contributed by atoms with Gasteiger partial charge in [0, 0.05) is 44.4 Å². The zero-order chi connectivity index (χ0) is 16.3. The molecule has 2 fully saturated rings. The Morgan fingerprint density at radius 1 is 1.22 bits per heavy atom. The largest absolute Gasteiger partial charge is 0.375 e. The fourth-order valence-corrected chi connectivity index (χ4v) is 3.84. The molecule has 5 nitrogen and oxygen atoms in total. The number of ether oxygens (including phenoxy) is 1. The van der Waals surface area contributed by atoms with E-state index < -0.39 is 0 Å². The van der Waals surface area contributed by atoms with Gasteiger partial charge in [0.15, 0.2) is 0 Å². The van der Waals surface area contributed by atoms with E-state index in [0.29, 0.717) is 13.0 Å². The molecule has 3 rings (SSSR count). The number of hydrogen-bond donors (Lipinski definition) is 0. The lowest BCUT2D eigenvalue weighted by atomic mass is 9.92. The summed E-state index contributed by atoms with van der Waals surface area (Å²) in [5, 5.41) is 0. The van der Waals surface area contributed by atoms with Crippen LogP contribution in [0.3, 0.4) is 0 Å². The molecule has 0 unspecified atom stereocenters. The highest BCUT2D eigenvalue weighted by atomic mass is 16.5. The van der Waals surface area contributed by atoms with Gasteiger partial charge in [-0.25, -0.2) is 0 Å². The SMILES string of the molecule is Cc1cccc(=O)n1CCC(=O)N1CCC[C@]2(CCCO2)CC1. The Morgan fingerprint density at radius 3 is 2.78 bits per heavy atom. The molecule has 1 aromatic heterocycles. The van der Waals surface area contributed by atoms with E-state index >= 15 is 0 Å². The van der Waals surface area contributed by atoms with Gasteiger partial charge in [-0.05, 0) is 45.1 Å². The first-order valence-corrected chi connectivity index (χ1v) is 8.68. The average Bonchev–Trinajstić information content (AvgIpc) is 2.87. The molecule has 0 N–H and O–H groups in total. The van der Waals surface area contributed by atoms with E-state index in [4.69, 9.17) is 4.74 Å². The molecule has 2 saturated heterocycles. The van der Waals surface area contributed by atoms with Crippen molar-refractivity contribution >= 4 is 5.91 Å². The molecule has 1 spiro atoms. The van der Waals surface area contributed by atoms with Crippen LogP contribution in [0.5, 0.6) is 0 Å². The Morgan fingerprint density at radius 2 is 2.04 bits per heavy atom. The van der Waals surface area contributed by atoms with Crippen LogP contribution >= 0.6 is 0 Å². The van der Waals surface area contributed by atoms with Crippen molar-refractivity contribution in [2.24, 2.45) is 0 Å². The number of aromatic nitrogens is 1. The number of likely N-dealkylation sites (tertiary alicyclic amines) is 1. The molecule has 0 radical (unpaired) electrons. The van der Waals surface area contributed by atoms with Gasteiger partial charge < -0.3 is 14.2 Å². The van der Waals surface area contributed by atoms with Crippen molar-refractivity contribution in [3.05, 3.63) is 34.2 Å². The second kappa shape index (κ2) is 6.87. The first kappa shape index (κ1) is 16.2. The highest BCUT2D eigenvalue weighted by Crippen LogP contribution is 2.35. The second-order valence-corrected chi connectivity index (χ2v) is 6.78. The van der Waals surface area contributed by atoms with Crippen LogP contribution in [0.25, 0.3) is 0 Å². The van der Waals surface area contributed by atoms with E-state index in [0.717, 1.165) is 57.5 Å². The smallest absolute Gasteiger partial charge is 0.250 e. The van der Waals surface area contributed by atoms with Crippen LogP contribution in [-0.2, 0) is 16.1 Å². The predicted molar refractivity (Wildman–Crippen MR) is 88.4 cm³/mol. The molecular weight excluding hydrogens is 292 g/mol. The normalized spacial score (nSPS) is 24.8. The minimum absolute atomic E-state index is 0.0297. The zero-order valence-corrected chi connectivity index (χ0v) is 13.9. The summed E-state index contributed by atoms with van der Waals surface area (Å²) in [7, 11) is 0. The maximum absolute atomic E-state index is 12.5. The summed E-state index contributed by atoms with van der Waals surface area (Å²) in [6.07, 6.45) is 5.68. The van der Waals surface area contributed by atoms with Crippen LogP contribution in [0.4, 0.5) is 0 Å². The molecule has 1 atom stereocenters. The van der Waals surface area contributed by atoms with Crippen LogP contribution in [-0.4, -0.2) is 40.7 Å². The van der Waals surface area contributed by atoms with Gasteiger partial charge in [0.1, 0.15) is 0 Å². The van der Waals surface area contributed by atoms with E-state index in [2.05, 4.69) is 0 Å². The molecule has 0 aliphatic carbocycles. The predicted octanol–water partition coefficient (Wildman–Crippen LogP) is 2.11. The van der Waals surface area contributed by atoms with Gasteiger partial charge in [0.05, 0.1) is 5.60 Å². The molecule has 1 amide bonds. The highest BCUT2D eigenvalue weighted by molar-refractivity contribution is 5.76. The average molecular weight is 318 g/mol. The standard InChI is InChI=1S/C18H26N2O3/c1-15-5-2-6-17(22)20(15)12-7-16(21)19-11-3-8-18(10-13-19)9-4-14-23-18/h2,5-6H,3-4,7-14H2,1H3/t18-/m0/s1. The van der Waals surface area contributed by atoms with Gasteiger partial charge >= 0.3 is 0 Å². The molecule has 126 valence electrons. The molecule has 5 heteroatoms. The second-order valence-electron chi connectivity index (χ2n) is 6.78. The monoisotopic (exact) mass is 318 g/mol. The summed E-state index contributed by atoms with van der Waals surface area (Å²) in [5.74, 6) is 0.148. The van der Waals surface area contributed by atoms with Crippen LogP contribution in [0, 0.1) is 6.92 Å². The third-order valence-corrected chi connectivity index (χ3v) is 5.25. The Labute approximate surface area is 137 Å². The van der Waals surface area contributed by atoms with E-state index in [-0.39, 0.29) is 17.1 Å². The van der Waals surface area contributed by atoms with Gasteiger partial charge in [-0.3, -0.25) is 9.59 Å². The minimum Gasteiger partial charge on any atom is -0.375 e. The summed E-state index contributed by atoms with van der Waals surface area (Å²) < 4.78 is 7.64. The summed E-state index contributed by atoms with van der Waals surface area (Å²) >= 11 is 0. The molecule has 3 heterocycles. The molecule has 1 aromatic rings. The third-order valence-electron chi connectivity index (χ3n) is 5.25. The Hall–Kier alpha value is -1.62. The maximum atomic E-state index is 12.5. The van der Waals surface area contributed by atoms with Gasteiger partial charge in [-0.1, -0.05) is 6.07 Å². The number of carbonyl (C=O) groups excluding carboxylic acids is 1. The Bertz CT molecular complexity index is 617. The Kier molecular flexibility index (Phi) is 4.85. The van der Waals surface area contributed by atoms with E-state index in [9.17, 15) is 9.59 Å². The molecule has 0 bridgehead atoms. The summed E-state index contributed by atoms with van der Waals surface area (Å²) in [4.78, 5) is 26.4. The van der Waals surface area contributed by atoms with Gasteiger partial charge in [-0.15, -0.1) is 0 Å². The van der Waals surface area contributed by atoms with Crippen molar-refractivity contribution < 1.29 is 9.53 Å². The fourth-order valence-electron chi connectivity index (χ4n) is 3.84. The molecule has 23 heavy (non-hydrogen) atoms.